The first kappa shape index (κ1) is 15.4. The highest BCUT2D eigenvalue weighted by atomic mass is 19.4. The Hall–Kier alpha value is -1.95. The zero-order valence-electron chi connectivity index (χ0n) is 11.5. The van der Waals surface area contributed by atoms with Gasteiger partial charge >= 0.3 is 6.36 Å². The van der Waals surface area contributed by atoms with Gasteiger partial charge in [0.15, 0.2) is 0 Å². The van der Waals surface area contributed by atoms with Crippen LogP contribution in [0.2, 0.25) is 0 Å². The van der Waals surface area contributed by atoms with Crippen molar-refractivity contribution in [1.82, 2.24) is 5.32 Å². The number of hydrogen-bond acceptors (Lipinski definition) is 3. The van der Waals surface area contributed by atoms with Gasteiger partial charge in [0.25, 0.3) is 0 Å². The molecule has 0 bridgehead atoms. The third-order valence-electron chi connectivity index (χ3n) is 2.88. The predicted octanol–water partition coefficient (Wildman–Crippen LogP) is 4.27. The molecule has 3 nitrogen and oxygen atoms in total. The third-order valence-corrected chi connectivity index (χ3v) is 2.88. The molecule has 0 fully saturated rings. The first-order valence-electron chi connectivity index (χ1n) is 6.62. The standard InChI is InChI=1S/C15H16F3NO2/c1-2-9-19-14(13-8-5-10-20-13)11-6-3-4-7-12(11)21-15(16,17)18/h3-8,10,14,19H,2,9H2,1H3. The van der Waals surface area contributed by atoms with Crippen LogP contribution in [0.25, 0.3) is 0 Å². The number of alkyl halides is 3. The number of benzene rings is 1. The fourth-order valence-corrected chi connectivity index (χ4v) is 2.04. The van der Waals surface area contributed by atoms with E-state index in [2.05, 4.69) is 10.1 Å². The van der Waals surface area contributed by atoms with Crippen LogP contribution in [0.15, 0.2) is 47.1 Å². The second kappa shape index (κ2) is 6.67. The summed E-state index contributed by atoms with van der Waals surface area (Å²) >= 11 is 0. The second-order valence-corrected chi connectivity index (χ2v) is 4.49. The highest BCUT2D eigenvalue weighted by Gasteiger charge is 2.33. The monoisotopic (exact) mass is 299 g/mol. The Bertz CT molecular complexity index is 552. The summed E-state index contributed by atoms with van der Waals surface area (Å²) in [5.41, 5.74) is 0.387. The van der Waals surface area contributed by atoms with Crippen LogP contribution in [0.4, 0.5) is 13.2 Å². The summed E-state index contributed by atoms with van der Waals surface area (Å²) in [4.78, 5) is 0. The van der Waals surface area contributed by atoms with Gasteiger partial charge in [-0.25, -0.2) is 0 Å². The summed E-state index contributed by atoms with van der Waals surface area (Å²) in [6.45, 7) is 2.62. The number of ether oxygens (including phenoxy) is 1. The second-order valence-electron chi connectivity index (χ2n) is 4.49. The Morgan fingerprint density at radius 2 is 1.95 bits per heavy atom. The van der Waals surface area contributed by atoms with Crippen molar-refractivity contribution in [3.05, 3.63) is 54.0 Å². The van der Waals surface area contributed by atoms with Gasteiger partial charge in [0.2, 0.25) is 0 Å². The van der Waals surface area contributed by atoms with Crippen LogP contribution in [-0.4, -0.2) is 12.9 Å². The SMILES string of the molecule is CCCNC(c1ccco1)c1ccccc1OC(F)(F)F. The molecule has 2 rings (SSSR count). The van der Waals surface area contributed by atoms with Gasteiger partial charge in [0.1, 0.15) is 11.5 Å². The molecule has 0 saturated carbocycles. The minimum Gasteiger partial charge on any atom is -0.467 e. The molecular weight excluding hydrogens is 283 g/mol. The number of para-hydroxylation sites is 1. The van der Waals surface area contributed by atoms with Crippen molar-refractivity contribution in [2.75, 3.05) is 6.54 Å². The largest absolute Gasteiger partial charge is 0.573 e. The van der Waals surface area contributed by atoms with E-state index < -0.39 is 12.4 Å². The molecule has 0 spiro atoms. The summed E-state index contributed by atoms with van der Waals surface area (Å²) in [5.74, 6) is 0.316. The summed E-state index contributed by atoms with van der Waals surface area (Å²) in [5, 5.41) is 3.17. The minimum atomic E-state index is -4.73. The quantitative estimate of drug-likeness (QED) is 0.865. The number of furan rings is 1. The molecule has 1 atom stereocenters. The Labute approximate surface area is 120 Å². The van der Waals surface area contributed by atoms with Crippen LogP contribution in [0.1, 0.15) is 30.7 Å². The van der Waals surface area contributed by atoms with Crippen molar-refractivity contribution >= 4 is 0 Å². The minimum absolute atomic E-state index is 0.227. The Morgan fingerprint density at radius 1 is 1.19 bits per heavy atom. The third kappa shape index (κ3) is 4.26. The number of rotatable bonds is 6. The molecule has 2 aromatic rings. The Balaban J connectivity index is 2.35. The van der Waals surface area contributed by atoms with Gasteiger partial charge < -0.3 is 14.5 Å². The first-order chi connectivity index (χ1) is 10.0. The summed E-state index contributed by atoms with van der Waals surface area (Å²) < 4.78 is 47.0. The van der Waals surface area contributed by atoms with Crippen molar-refractivity contribution < 1.29 is 22.3 Å². The summed E-state index contributed by atoms with van der Waals surface area (Å²) in [6.07, 6.45) is -2.39. The molecule has 1 aromatic heterocycles. The fourth-order valence-electron chi connectivity index (χ4n) is 2.04. The smallest absolute Gasteiger partial charge is 0.467 e. The van der Waals surface area contributed by atoms with Crippen molar-refractivity contribution in [3.8, 4) is 5.75 Å². The van der Waals surface area contributed by atoms with E-state index in [1.165, 1.54) is 18.4 Å². The van der Waals surface area contributed by atoms with Gasteiger partial charge in [-0.2, -0.15) is 0 Å². The van der Waals surface area contributed by atoms with Gasteiger partial charge in [-0.3, -0.25) is 0 Å². The van der Waals surface area contributed by atoms with Crippen LogP contribution in [0.5, 0.6) is 5.75 Å². The topological polar surface area (TPSA) is 34.4 Å². The molecule has 6 heteroatoms. The average molecular weight is 299 g/mol. The van der Waals surface area contributed by atoms with Crippen molar-refractivity contribution in [2.45, 2.75) is 25.7 Å². The fraction of sp³-hybridized carbons (Fsp3) is 0.333. The highest BCUT2D eigenvalue weighted by molar-refractivity contribution is 5.39. The lowest BCUT2D eigenvalue weighted by atomic mass is 10.0. The summed E-state index contributed by atoms with van der Waals surface area (Å²) in [6, 6.07) is 8.99. The molecule has 1 aromatic carbocycles. The average Bonchev–Trinajstić information content (AvgIpc) is 2.93. The molecule has 1 unspecified atom stereocenters. The number of nitrogens with one attached hydrogen (secondary N) is 1. The predicted molar refractivity (Wildman–Crippen MR) is 72.0 cm³/mol. The lowest BCUT2D eigenvalue weighted by Gasteiger charge is -2.20. The van der Waals surface area contributed by atoms with Crippen LogP contribution in [0, 0.1) is 0 Å². The maximum absolute atomic E-state index is 12.5. The van der Waals surface area contributed by atoms with Crippen LogP contribution in [0.3, 0.4) is 0 Å². The molecule has 114 valence electrons. The Morgan fingerprint density at radius 3 is 2.57 bits per heavy atom. The number of hydrogen-bond donors (Lipinski definition) is 1. The number of halogens is 3. The molecule has 0 aliphatic rings. The maximum atomic E-state index is 12.5. The van der Waals surface area contributed by atoms with E-state index in [-0.39, 0.29) is 5.75 Å². The normalized spacial score (nSPS) is 13.1. The van der Waals surface area contributed by atoms with Gasteiger partial charge in [-0.1, -0.05) is 25.1 Å². The van der Waals surface area contributed by atoms with E-state index in [9.17, 15) is 13.2 Å². The zero-order valence-corrected chi connectivity index (χ0v) is 11.5. The molecule has 0 amide bonds. The first-order valence-corrected chi connectivity index (χ1v) is 6.62. The summed E-state index contributed by atoms with van der Waals surface area (Å²) in [7, 11) is 0. The molecule has 21 heavy (non-hydrogen) atoms. The Kier molecular flexibility index (Phi) is 4.90. The van der Waals surface area contributed by atoms with E-state index >= 15 is 0 Å². The maximum Gasteiger partial charge on any atom is 0.573 e. The van der Waals surface area contributed by atoms with Crippen molar-refractivity contribution in [3.63, 3.8) is 0 Å². The lowest BCUT2D eigenvalue weighted by molar-refractivity contribution is -0.275. The van der Waals surface area contributed by atoms with Crippen LogP contribution < -0.4 is 10.1 Å². The van der Waals surface area contributed by atoms with Crippen molar-refractivity contribution in [1.29, 1.82) is 0 Å². The zero-order chi connectivity index (χ0) is 15.3. The lowest BCUT2D eigenvalue weighted by Crippen LogP contribution is -2.25. The molecular formula is C15H16F3NO2. The van der Waals surface area contributed by atoms with E-state index in [0.29, 0.717) is 17.9 Å². The molecule has 0 radical (unpaired) electrons. The molecule has 1 N–H and O–H groups in total. The molecule has 1 heterocycles. The van der Waals surface area contributed by atoms with Crippen LogP contribution in [-0.2, 0) is 0 Å². The van der Waals surface area contributed by atoms with Gasteiger partial charge in [0.05, 0.1) is 12.3 Å². The van der Waals surface area contributed by atoms with E-state index in [1.54, 1.807) is 24.3 Å². The van der Waals surface area contributed by atoms with E-state index in [4.69, 9.17) is 4.42 Å². The van der Waals surface area contributed by atoms with E-state index in [1.807, 2.05) is 6.92 Å². The van der Waals surface area contributed by atoms with E-state index in [0.717, 1.165) is 6.42 Å². The van der Waals surface area contributed by atoms with Crippen LogP contribution >= 0.6 is 0 Å². The highest BCUT2D eigenvalue weighted by Crippen LogP contribution is 2.33. The van der Waals surface area contributed by atoms with Crippen molar-refractivity contribution in [2.24, 2.45) is 0 Å². The van der Waals surface area contributed by atoms with Gasteiger partial charge in [-0.15, -0.1) is 13.2 Å². The van der Waals surface area contributed by atoms with Gasteiger partial charge in [0, 0.05) is 5.56 Å². The molecule has 0 saturated heterocycles. The molecule has 0 aliphatic heterocycles. The van der Waals surface area contributed by atoms with Gasteiger partial charge in [-0.05, 0) is 31.2 Å². The molecule has 0 aliphatic carbocycles.